The topological polar surface area (TPSA) is 76.0 Å². The maximum absolute atomic E-state index is 11.8. The third kappa shape index (κ3) is 1.28. The van der Waals surface area contributed by atoms with E-state index in [9.17, 15) is 15.0 Å². The number of hydrogen-bond acceptors (Lipinski definition) is 5. The summed E-state index contributed by atoms with van der Waals surface area (Å²) in [5, 5.41) is 20.5. The third-order valence-electron chi connectivity index (χ3n) is 3.05. The minimum Gasteiger partial charge on any atom is -0.504 e. The number of phenols is 2. The van der Waals surface area contributed by atoms with Crippen molar-refractivity contribution in [2.24, 2.45) is 0 Å². The molecule has 2 N–H and O–H groups in total. The molecule has 0 aliphatic carbocycles. The molecule has 92 valence electrons. The van der Waals surface area contributed by atoms with Gasteiger partial charge in [-0.3, -0.25) is 0 Å². The Labute approximate surface area is 102 Å². The van der Waals surface area contributed by atoms with Crippen molar-refractivity contribution < 1.29 is 24.5 Å². The number of aromatic hydroxyl groups is 2. The molecule has 0 aromatic heterocycles. The molecule has 1 unspecified atom stereocenters. The van der Waals surface area contributed by atoms with Crippen LogP contribution in [0.4, 0.5) is 0 Å². The summed E-state index contributed by atoms with van der Waals surface area (Å²) in [6.07, 6.45) is -0.874. The second-order valence-electron chi connectivity index (χ2n) is 4.03. The van der Waals surface area contributed by atoms with Gasteiger partial charge in [-0.05, 0) is 12.1 Å². The van der Waals surface area contributed by atoms with Crippen molar-refractivity contribution in [3.63, 3.8) is 0 Å². The van der Waals surface area contributed by atoms with E-state index in [1.54, 1.807) is 18.2 Å². The van der Waals surface area contributed by atoms with Gasteiger partial charge in [0.1, 0.15) is 0 Å². The van der Waals surface area contributed by atoms with Gasteiger partial charge in [-0.15, -0.1) is 0 Å². The standard InChI is InChI=1S/C13H10O5/c1-17-13-8-5-9(14)11(15)6-3-2-4-7(10(6)8)12(16)18-13/h2-5,13-15H,1H3. The number of esters is 1. The Morgan fingerprint density at radius 3 is 2.83 bits per heavy atom. The summed E-state index contributed by atoms with van der Waals surface area (Å²) in [5.74, 6) is -1.03. The fourth-order valence-corrected chi connectivity index (χ4v) is 2.24. The highest BCUT2D eigenvalue weighted by Gasteiger charge is 2.30. The van der Waals surface area contributed by atoms with Crippen LogP contribution in [0, 0.1) is 0 Å². The predicted octanol–water partition coefficient (Wildman–Crippen LogP) is 2.07. The van der Waals surface area contributed by atoms with Crippen LogP contribution in [0.2, 0.25) is 0 Å². The lowest BCUT2D eigenvalue weighted by Gasteiger charge is -2.24. The molecule has 5 heteroatoms. The second kappa shape index (κ2) is 3.61. The van der Waals surface area contributed by atoms with Gasteiger partial charge in [0.25, 0.3) is 0 Å². The first-order valence-electron chi connectivity index (χ1n) is 5.35. The van der Waals surface area contributed by atoms with Crippen LogP contribution in [0.5, 0.6) is 11.5 Å². The molecular weight excluding hydrogens is 236 g/mol. The highest BCUT2D eigenvalue weighted by atomic mass is 16.7. The van der Waals surface area contributed by atoms with E-state index >= 15 is 0 Å². The lowest BCUT2D eigenvalue weighted by atomic mass is 9.95. The number of benzene rings is 2. The lowest BCUT2D eigenvalue weighted by Crippen LogP contribution is -2.19. The van der Waals surface area contributed by atoms with E-state index in [4.69, 9.17) is 9.47 Å². The average molecular weight is 246 g/mol. The van der Waals surface area contributed by atoms with Crippen molar-refractivity contribution in [3.05, 3.63) is 35.4 Å². The number of phenolic OH excluding ortho intramolecular Hbond substituents is 2. The smallest absolute Gasteiger partial charge is 0.341 e. The molecule has 1 aliphatic rings. The van der Waals surface area contributed by atoms with Crippen LogP contribution in [-0.2, 0) is 9.47 Å². The van der Waals surface area contributed by atoms with E-state index in [1.807, 2.05) is 0 Å². The quantitative estimate of drug-likeness (QED) is 0.595. The number of ether oxygens (including phenoxy) is 2. The number of cyclic esters (lactones) is 1. The van der Waals surface area contributed by atoms with Gasteiger partial charge in [-0.1, -0.05) is 12.1 Å². The molecule has 0 bridgehead atoms. The Morgan fingerprint density at radius 1 is 1.33 bits per heavy atom. The van der Waals surface area contributed by atoms with Gasteiger partial charge >= 0.3 is 5.97 Å². The van der Waals surface area contributed by atoms with Crippen molar-refractivity contribution in [1.82, 2.24) is 0 Å². The molecule has 2 aromatic carbocycles. The van der Waals surface area contributed by atoms with Crippen LogP contribution >= 0.6 is 0 Å². The van der Waals surface area contributed by atoms with Crippen LogP contribution in [0.3, 0.4) is 0 Å². The van der Waals surface area contributed by atoms with Crippen molar-refractivity contribution in [3.8, 4) is 11.5 Å². The molecule has 2 aromatic rings. The van der Waals surface area contributed by atoms with Gasteiger partial charge < -0.3 is 19.7 Å². The minimum atomic E-state index is -0.874. The molecule has 0 saturated carbocycles. The van der Waals surface area contributed by atoms with E-state index < -0.39 is 12.3 Å². The molecule has 3 rings (SSSR count). The largest absolute Gasteiger partial charge is 0.504 e. The molecule has 0 fully saturated rings. The summed E-state index contributed by atoms with van der Waals surface area (Å²) in [6, 6.07) is 6.20. The summed E-state index contributed by atoms with van der Waals surface area (Å²) in [7, 11) is 1.40. The van der Waals surface area contributed by atoms with E-state index in [2.05, 4.69) is 0 Å². The van der Waals surface area contributed by atoms with Crippen LogP contribution in [0.15, 0.2) is 24.3 Å². The van der Waals surface area contributed by atoms with Crippen LogP contribution in [-0.4, -0.2) is 23.3 Å². The van der Waals surface area contributed by atoms with Crippen LogP contribution in [0.25, 0.3) is 10.8 Å². The monoisotopic (exact) mass is 246 g/mol. The first-order valence-corrected chi connectivity index (χ1v) is 5.35. The lowest BCUT2D eigenvalue weighted by molar-refractivity contribution is -0.0940. The van der Waals surface area contributed by atoms with Gasteiger partial charge in [-0.2, -0.15) is 0 Å². The second-order valence-corrected chi connectivity index (χ2v) is 4.03. The summed E-state index contributed by atoms with van der Waals surface area (Å²) >= 11 is 0. The zero-order valence-corrected chi connectivity index (χ0v) is 9.51. The number of rotatable bonds is 1. The van der Waals surface area contributed by atoms with Crippen molar-refractivity contribution in [2.45, 2.75) is 6.29 Å². The number of hydrogen-bond donors (Lipinski definition) is 2. The van der Waals surface area contributed by atoms with E-state index in [0.29, 0.717) is 21.9 Å². The molecule has 0 amide bonds. The van der Waals surface area contributed by atoms with E-state index in [-0.39, 0.29) is 11.5 Å². The Bertz CT molecular complexity index is 662. The van der Waals surface area contributed by atoms with Crippen LogP contribution in [0.1, 0.15) is 22.2 Å². The summed E-state index contributed by atoms with van der Waals surface area (Å²) in [4.78, 5) is 11.8. The maximum Gasteiger partial charge on any atom is 0.341 e. The fourth-order valence-electron chi connectivity index (χ4n) is 2.24. The molecule has 1 atom stereocenters. The molecule has 5 nitrogen and oxygen atoms in total. The molecule has 18 heavy (non-hydrogen) atoms. The number of methoxy groups -OCH3 is 1. The number of carbonyl (C=O) groups is 1. The molecule has 1 aliphatic heterocycles. The minimum absolute atomic E-state index is 0.250. The average Bonchev–Trinajstić information content (AvgIpc) is 2.38. The van der Waals surface area contributed by atoms with E-state index in [1.165, 1.54) is 13.2 Å². The summed E-state index contributed by atoms with van der Waals surface area (Å²) in [6.45, 7) is 0. The Kier molecular flexibility index (Phi) is 2.18. The van der Waals surface area contributed by atoms with Crippen molar-refractivity contribution in [1.29, 1.82) is 0 Å². The predicted molar refractivity (Wildman–Crippen MR) is 62.4 cm³/mol. The Morgan fingerprint density at radius 2 is 2.11 bits per heavy atom. The number of carbonyl (C=O) groups excluding carboxylic acids is 1. The van der Waals surface area contributed by atoms with Crippen molar-refractivity contribution >= 4 is 16.7 Å². The summed E-state index contributed by atoms with van der Waals surface area (Å²) < 4.78 is 10.2. The third-order valence-corrected chi connectivity index (χ3v) is 3.05. The van der Waals surface area contributed by atoms with Gasteiger partial charge in [-0.25, -0.2) is 4.79 Å². The van der Waals surface area contributed by atoms with Gasteiger partial charge in [0.15, 0.2) is 11.5 Å². The normalized spacial score (nSPS) is 17.8. The maximum atomic E-state index is 11.8. The zero-order chi connectivity index (χ0) is 12.9. The highest BCUT2D eigenvalue weighted by molar-refractivity contribution is 6.09. The van der Waals surface area contributed by atoms with E-state index in [0.717, 1.165) is 0 Å². The zero-order valence-electron chi connectivity index (χ0n) is 9.51. The van der Waals surface area contributed by atoms with Gasteiger partial charge in [0.2, 0.25) is 6.29 Å². The SMILES string of the molecule is COC1OC(=O)c2cccc3c(O)c(O)cc1c23. The highest BCUT2D eigenvalue weighted by Crippen LogP contribution is 2.43. The first kappa shape index (κ1) is 10.9. The molecular formula is C13H10O5. The summed E-state index contributed by atoms with van der Waals surface area (Å²) in [5.41, 5.74) is 0.879. The fraction of sp³-hybridized carbons (Fsp3) is 0.154. The molecule has 0 spiro atoms. The van der Waals surface area contributed by atoms with Crippen molar-refractivity contribution in [2.75, 3.05) is 7.11 Å². The molecule has 0 saturated heterocycles. The molecule has 1 heterocycles. The molecule has 0 radical (unpaired) electrons. The Balaban J connectivity index is 2.48. The van der Waals surface area contributed by atoms with Gasteiger partial charge in [0.05, 0.1) is 5.56 Å². The first-order chi connectivity index (χ1) is 8.63. The van der Waals surface area contributed by atoms with Crippen LogP contribution < -0.4 is 0 Å². The Hall–Kier alpha value is -2.27. The van der Waals surface area contributed by atoms with Gasteiger partial charge in [0, 0.05) is 23.4 Å².